The smallest absolute Gasteiger partial charge is 0.330 e. The second kappa shape index (κ2) is 5.76. The molecule has 0 spiro atoms. The molecule has 0 radical (unpaired) electrons. The van der Waals surface area contributed by atoms with E-state index in [-0.39, 0.29) is 0 Å². The third kappa shape index (κ3) is 3.26. The lowest BCUT2D eigenvalue weighted by atomic mass is 10.1. The van der Waals surface area contributed by atoms with E-state index in [1.165, 1.54) is 0 Å². The van der Waals surface area contributed by atoms with E-state index in [1.807, 2.05) is 37.3 Å². The Morgan fingerprint density at radius 1 is 1.21 bits per heavy atom. The zero-order chi connectivity index (χ0) is 13.8. The van der Waals surface area contributed by atoms with Gasteiger partial charge < -0.3 is 10.4 Å². The van der Waals surface area contributed by atoms with Gasteiger partial charge in [0.05, 0.1) is 0 Å². The van der Waals surface area contributed by atoms with Crippen LogP contribution in [0.2, 0.25) is 5.02 Å². The van der Waals surface area contributed by atoms with E-state index >= 15 is 0 Å². The number of rotatable bonds is 4. The highest BCUT2D eigenvalue weighted by molar-refractivity contribution is 6.31. The molecule has 2 rings (SSSR count). The molecule has 0 heterocycles. The zero-order valence-corrected chi connectivity index (χ0v) is 11.2. The third-order valence-electron chi connectivity index (χ3n) is 2.86. The largest absolute Gasteiger partial charge is 0.479 e. The van der Waals surface area contributed by atoms with Crippen LogP contribution in [-0.2, 0) is 4.79 Å². The fourth-order valence-corrected chi connectivity index (χ4v) is 1.96. The molecule has 2 aromatic carbocycles. The number of aryl methyl sites for hydroxylation is 1. The maximum Gasteiger partial charge on any atom is 0.330 e. The molecule has 4 heteroatoms. The van der Waals surface area contributed by atoms with Gasteiger partial charge in [-0.25, -0.2) is 4.79 Å². The van der Waals surface area contributed by atoms with Crippen molar-refractivity contribution in [2.45, 2.75) is 13.0 Å². The molecule has 2 N–H and O–H groups in total. The minimum Gasteiger partial charge on any atom is -0.479 e. The van der Waals surface area contributed by atoms with Gasteiger partial charge in [-0.1, -0.05) is 48.0 Å². The second-order valence-corrected chi connectivity index (χ2v) is 4.70. The molecule has 0 aliphatic heterocycles. The molecular weight excluding hydrogens is 262 g/mol. The van der Waals surface area contributed by atoms with Gasteiger partial charge >= 0.3 is 5.97 Å². The van der Waals surface area contributed by atoms with E-state index < -0.39 is 12.0 Å². The van der Waals surface area contributed by atoms with Crippen LogP contribution < -0.4 is 5.32 Å². The predicted octanol–water partition coefficient (Wildman–Crippen LogP) is 3.89. The molecule has 98 valence electrons. The van der Waals surface area contributed by atoms with Crippen LogP contribution in [-0.4, -0.2) is 11.1 Å². The number of hydrogen-bond acceptors (Lipinski definition) is 2. The minimum absolute atomic E-state index is 0.613. The number of hydrogen-bond donors (Lipinski definition) is 2. The van der Waals surface area contributed by atoms with Gasteiger partial charge in [0.15, 0.2) is 6.04 Å². The van der Waals surface area contributed by atoms with E-state index in [4.69, 9.17) is 11.6 Å². The van der Waals surface area contributed by atoms with Crippen LogP contribution in [0.3, 0.4) is 0 Å². The normalized spacial score (nSPS) is 11.9. The van der Waals surface area contributed by atoms with Crippen molar-refractivity contribution in [3.63, 3.8) is 0 Å². The summed E-state index contributed by atoms with van der Waals surface area (Å²) in [6.07, 6.45) is 0. The van der Waals surface area contributed by atoms with Gasteiger partial charge in [0.25, 0.3) is 0 Å². The number of halogens is 1. The molecule has 0 fully saturated rings. The highest BCUT2D eigenvalue weighted by atomic mass is 35.5. The minimum atomic E-state index is -0.928. The van der Waals surface area contributed by atoms with Crippen molar-refractivity contribution in [3.8, 4) is 0 Å². The monoisotopic (exact) mass is 275 g/mol. The van der Waals surface area contributed by atoms with E-state index in [9.17, 15) is 9.90 Å². The first-order valence-corrected chi connectivity index (χ1v) is 6.26. The molecule has 2 aromatic rings. The molecule has 0 aliphatic carbocycles. The van der Waals surface area contributed by atoms with Crippen molar-refractivity contribution in [2.75, 3.05) is 5.32 Å². The molecule has 0 aromatic heterocycles. The lowest BCUT2D eigenvalue weighted by molar-refractivity contribution is -0.138. The van der Waals surface area contributed by atoms with E-state index in [1.54, 1.807) is 18.2 Å². The molecule has 3 nitrogen and oxygen atoms in total. The maximum absolute atomic E-state index is 11.4. The van der Waals surface area contributed by atoms with Crippen LogP contribution >= 0.6 is 11.6 Å². The van der Waals surface area contributed by atoms with Gasteiger partial charge in [-0.05, 0) is 30.2 Å². The van der Waals surface area contributed by atoms with Crippen LogP contribution in [0.15, 0.2) is 48.5 Å². The van der Waals surface area contributed by atoms with Crippen molar-refractivity contribution < 1.29 is 9.90 Å². The summed E-state index contributed by atoms with van der Waals surface area (Å²) in [4.78, 5) is 11.4. The Kier molecular flexibility index (Phi) is 4.07. The first-order valence-electron chi connectivity index (χ1n) is 5.88. The van der Waals surface area contributed by atoms with Crippen LogP contribution in [0, 0.1) is 6.92 Å². The Morgan fingerprint density at radius 2 is 1.89 bits per heavy atom. The van der Waals surface area contributed by atoms with Crippen LogP contribution in [0.25, 0.3) is 0 Å². The summed E-state index contributed by atoms with van der Waals surface area (Å²) in [5.41, 5.74) is 2.34. The van der Waals surface area contributed by atoms with Crippen molar-refractivity contribution in [3.05, 3.63) is 64.7 Å². The summed E-state index contributed by atoms with van der Waals surface area (Å²) in [6, 6.07) is 13.7. The van der Waals surface area contributed by atoms with Crippen molar-refractivity contribution in [1.29, 1.82) is 0 Å². The summed E-state index contributed by atoms with van der Waals surface area (Å²) in [7, 11) is 0. The average Bonchev–Trinajstić information content (AvgIpc) is 2.40. The maximum atomic E-state index is 11.4. The molecule has 0 saturated carbocycles. The first kappa shape index (κ1) is 13.4. The predicted molar refractivity (Wildman–Crippen MR) is 76.6 cm³/mol. The summed E-state index contributed by atoms with van der Waals surface area (Å²) in [5.74, 6) is -0.928. The van der Waals surface area contributed by atoms with Gasteiger partial charge in [0.2, 0.25) is 0 Å². The lowest BCUT2D eigenvalue weighted by Gasteiger charge is -2.16. The quantitative estimate of drug-likeness (QED) is 0.890. The summed E-state index contributed by atoms with van der Waals surface area (Å²) < 4.78 is 0. The number of benzene rings is 2. The summed E-state index contributed by atoms with van der Waals surface area (Å²) in [5, 5.41) is 12.9. The van der Waals surface area contributed by atoms with Crippen molar-refractivity contribution in [1.82, 2.24) is 0 Å². The van der Waals surface area contributed by atoms with E-state index in [2.05, 4.69) is 5.32 Å². The van der Waals surface area contributed by atoms with Gasteiger partial charge in [0.1, 0.15) is 0 Å². The fraction of sp³-hybridized carbons (Fsp3) is 0.133. The highest BCUT2D eigenvalue weighted by Crippen LogP contribution is 2.24. The molecule has 0 amide bonds. The lowest BCUT2D eigenvalue weighted by Crippen LogP contribution is -2.20. The molecule has 0 aliphatic rings. The van der Waals surface area contributed by atoms with Gasteiger partial charge in [0, 0.05) is 10.7 Å². The Bertz CT molecular complexity index is 584. The Morgan fingerprint density at radius 3 is 2.47 bits per heavy atom. The molecule has 0 bridgehead atoms. The van der Waals surface area contributed by atoms with Crippen LogP contribution in [0.4, 0.5) is 5.69 Å². The Balaban J connectivity index is 2.27. The Labute approximate surface area is 116 Å². The number of carboxylic acids is 1. The molecular formula is C15H14ClNO2. The van der Waals surface area contributed by atoms with Crippen LogP contribution in [0.1, 0.15) is 17.2 Å². The van der Waals surface area contributed by atoms with Gasteiger partial charge in [-0.2, -0.15) is 0 Å². The van der Waals surface area contributed by atoms with Crippen molar-refractivity contribution >= 4 is 23.3 Å². The highest BCUT2D eigenvalue weighted by Gasteiger charge is 2.19. The summed E-state index contributed by atoms with van der Waals surface area (Å²) in [6.45, 7) is 1.90. The topological polar surface area (TPSA) is 49.3 Å². The average molecular weight is 276 g/mol. The third-order valence-corrected chi connectivity index (χ3v) is 3.27. The van der Waals surface area contributed by atoms with E-state index in [0.717, 1.165) is 5.56 Å². The number of carboxylic acid groups (broad SMARTS) is 1. The SMILES string of the molecule is Cc1ccc(NC(C(=O)O)c2ccccc2)cc1Cl. The van der Waals surface area contributed by atoms with Crippen LogP contribution in [0.5, 0.6) is 0 Å². The Hall–Kier alpha value is -2.00. The number of nitrogens with one attached hydrogen (secondary N) is 1. The number of carbonyl (C=O) groups is 1. The molecule has 1 atom stereocenters. The van der Waals surface area contributed by atoms with Gasteiger partial charge in [-0.3, -0.25) is 0 Å². The standard InChI is InChI=1S/C15H14ClNO2/c1-10-7-8-12(9-13(10)16)17-14(15(18)19)11-5-3-2-4-6-11/h2-9,14,17H,1H3,(H,18,19). The molecule has 1 unspecified atom stereocenters. The number of aliphatic carboxylic acids is 1. The zero-order valence-electron chi connectivity index (χ0n) is 10.4. The fourth-order valence-electron chi connectivity index (χ4n) is 1.78. The van der Waals surface area contributed by atoms with Gasteiger partial charge in [-0.15, -0.1) is 0 Å². The second-order valence-electron chi connectivity index (χ2n) is 4.29. The first-order chi connectivity index (χ1) is 9.08. The number of anilines is 1. The van der Waals surface area contributed by atoms with Crippen molar-refractivity contribution in [2.24, 2.45) is 0 Å². The van der Waals surface area contributed by atoms with E-state index in [0.29, 0.717) is 16.3 Å². The molecule has 0 saturated heterocycles. The molecule has 19 heavy (non-hydrogen) atoms. The summed E-state index contributed by atoms with van der Waals surface area (Å²) >= 11 is 6.04.